The summed E-state index contributed by atoms with van der Waals surface area (Å²) < 4.78 is 27.0. The van der Waals surface area contributed by atoms with Crippen molar-refractivity contribution < 1.29 is 8.78 Å². The van der Waals surface area contributed by atoms with Crippen molar-refractivity contribution in [3.05, 3.63) is 70.2 Å². The van der Waals surface area contributed by atoms with Gasteiger partial charge in [-0.2, -0.15) is 0 Å². The zero-order valence-electron chi connectivity index (χ0n) is 11.2. The van der Waals surface area contributed by atoms with Gasteiger partial charge in [-0.15, -0.1) is 0 Å². The first kappa shape index (κ1) is 14.9. The topological polar surface area (TPSA) is 12.0 Å². The average molecular weight is 296 g/mol. The Morgan fingerprint density at radius 3 is 2.45 bits per heavy atom. The van der Waals surface area contributed by atoms with Gasteiger partial charge >= 0.3 is 0 Å². The minimum absolute atomic E-state index is 0.0635. The number of nitrogens with one attached hydrogen (secondary N) is 1. The zero-order chi connectivity index (χ0) is 14.5. The molecule has 0 saturated heterocycles. The Bertz CT molecular complexity index is 569. The van der Waals surface area contributed by atoms with Crippen LogP contribution in [0.25, 0.3) is 0 Å². The first-order chi connectivity index (χ1) is 9.61. The van der Waals surface area contributed by atoms with Crippen LogP contribution >= 0.6 is 11.6 Å². The molecule has 1 nitrogen and oxygen atoms in total. The fraction of sp³-hybridized carbons (Fsp3) is 0.250. The number of benzene rings is 2. The number of rotatable bonds is 5. The van der Waals surface area contributed by atoms with Gasteiger partial charge in [-0.1, -0.05) is 35.9 Å². The average Bonchev–Trinajstić information content (AvgIpc) is 2.44. The molecular formula is C16H16ClF2N. The van der Waals surface area contributed by atoms with Gasteiger partial charge in [0.15, 0.2) is 11.6 Å². The molecule has 0 aromatic heterocycles. The van der Waals surface area contributed by atoms with Gasteiger partial charge in [0, 0.05) is 17.5 Å². The monoisotopic (exact) mass is 295 g/mol. The lowest BCUT2D eigenvalue weighted by atomic mass is 9.91. The van der Waals surface area contributed by atoms with E-state index in [0.29, 0.717) is 23.6 Å². The molecule has 2 rings (SSSR count). The molecular weight excluding hydrogens is 280 g/mol. The van der Waals surface area contributed by atoms with Crippen molar-refractivity contribution in [3.8, 4) is 0 Å². The van der Waals surface area contributed by atoms with Crippen LogP contribution in [0, 0.1) is 11.6 Å². The van der Waals surface area contributed by atoms with Crippen LogP contribution < -0.4 is 5.32 Å². The highest BCUT2D eigenvalue weighted by Crippen LogP contribution is 2.24. The van der Waals surface area contributed by atoms with Crippen molar-refractivity contribution in [1.82, 2.24) is 5.32 Å². The van der Waals surface area contributed by atoms with Gasteiger partial charge in [0.25, 0.3) is 0 Å². The second kappa shape index (κ2) is 6.82. The highest BCUT2D eigenvalue weighted by molar-refractivity contribution is 6.30. The normalized spacial score (nSPS) is 12.4. The highest BCUT2D eigenvalue weighted by Gasteiger charge is 2.16. The summed E-state index contributed by atoms with van der Waals surface area (Å²) in [6.07, 6.45) is 0.437. The SMILES string of the molecule is CNCC(Cc1cccc(F)c1F)c1ccc(Cl)cc1. The van der Waals surface area contributed by atoms with Crippen molar-refractivity contribution in [3.63, 3.8) is 0 Å². The molecule has 20 heavy (non-hydrogen) atoms. The van der Waals surface area contributed by atoms with Crippen LogP contribution in [0.1, 0.15) is 17.0 Å². The smallest absolute Gasteiger partial charge is 0.162 e. The van der Waals surface area contributed by atoms with Crippen molar-refractivity contribution in [2.75, 3.05) is 13.6 Å². The minimum Gasteiger partial charge on any atom is -0.319 e. The summed E-state index contributed by atoms with van der Waals surface area (Å²) in [5, 5.41) is 3.75. The van der Waals surface area contributed by atoms with Gasteiger partial charge in [-0.05, 0) is 42.8 Å². The fourth-order valence-corrected chi connectivity index (χ4v) is 2.39. The van der Waals surface area contributed by atoms with E-state index in [0.717, 1.165) is 11.6 Å². The number of likely N-dealkylation sites (N-methyl/N-ethyl adjacent to an activating group) is 1. The predicted molar refractivity (Wildman–Crippen MR) is 78.2 cm³/mol. The summed E-state index contributed by atoms with van der Waals surface area (Å²) >= 11 is 5.87. The second-order valence-electron chi connectivity index (χ2n) is 4.72. The van der Waals surface area contributed by atoms with E-state index in [1.165, 1.54) is 6.07 Å². The molecule has 0 aliphatic rings. The molecule has 0 heterocycles. The Balaban J connectivity index is 2.25. The lowest BCUT2D eigenvalue weighted by molar-refractivity contribution is 0.491. The van der Waals surface area contributed by atoms with E-state index in [1.54, 1.807) is 6.07 Å². The van der Waals surface area contributed by atoms with E-state index < -0.39 is 11.6 Å². The number of hydrogen-bond acceptors (Lipinski definition) is 1. The zero-order valence-corrected chi connectivity index (χ0v) is 11.9. The maximum absolute atomic E-state index is 13.8. The summed E-state index contributed by atoms with van der Waals surface area (Å²) in [5.41, 5.74) is 1.44. The summed E-state index contributed by atoms with van der Waals surface area (Å²) in [4.78, 5) is 0. The van der Waals surface area contributed by atoms with Gasteiger partial charge in [0.1, 0.15) is 0 Å². The molecule has 0 radical (unpaired) electrons. The van der Waals surface area contributed by atoms with E-state index in [2.05, 4.69) is 5.32 Å². The van der Waals surface area contributed by atoms with E-state index in [-0.39, 0.29) is 5.92 Å². The molecule has 2 aromatic rings. The Hall–Kier alpha value is -1.45. The Morgan fingerprint density at radius 2 is 1.80 bits per heavy atom. The molecule has 106 valence electrons. The van der Waals surface area contributed by atoms with E-state index in [1.807, 2.05) is 31.3 Å². The van der Waals surface area contributed by atoms with E-state index in [9.17, 15) is 8.78 Å². The van der Waals surface area contributed by atoms with Crippen LogP contribution in [0.2, 0.25) is 5.02 Å². The van der Waals surface area contributed by atoms with Gasteiger partial charge in [0.05, 0.1) is 0 Å². The maximum Gasteiger partial charge on any atom is 0.162 e. The minimum atomic E-state index is -0.804. The molecule has 0 spiro atoms. The Kier molecular flexibility index (Phi) is 5.10. The number of hydrogen-bond donors (Lipinski definition) is 1. The molecule has 0 saturated carbocycles. The Morgan fingerprint density at radius 1 is 1.10 bits per heavy atom. The third-order valence-corrected chi connectivity index (χ3v) is 3.54. The fourth-order valence-electron chi connectivity index (χ4n) is 2.26. The third-order valence-electron chi connectivity index (χ3n) is 3.29. The van der Waals surface area contributed by atoms with Crippen LogP contribution in [-0.4, -0.2) is 13.6 Å². The third kappa shape index (κ3) is 3.56. The van der Waals surface area contributed by atoms with Crippen LogP contribution in [0.3, 0.4) is 0 Å². The molecule has 2 aromatic carbocycles. The summed E-state index contributed by atoms with van der Waals surface area (Å²) in [6.45, 7) is 0.678. The maximum atomic E-state index is 13.8. The molecule has 0 aliphatic carbocycles. The molecule has 1 atom stereocenters. The first-order valence-corrected chi connectivity index (χ1v) is 6.82. The molecule has 0 bridgehead atoms. The highest BCUT2D eigenvalue weighted by atomic mass is 35.5. The largest absolute Gasteiger partial charge is 0.319 e. The van der Waals surface area contributed by atoms with Crippen molar-refractivity contribution in [1.29, 1.82) is 0 Å². The van der Waals surface area contributed by atoms with Gasteiger partial charge in [-0.3, -0.25) is 0 Å². The summed E-state index contributed by atoms with van der Waals surface area (Å²) in [5.74, 6) is -1.50. The lowest BCUT2D eigenvalue weighted by Crippen LogP contribution is -2.19. The van der Waals surface area contributed by atoms with E-state index >= 15 is 0 Å². The quantitative estimate of drug-likeness (QED) is 0.873. The van der Waals surface area contributed by atoms with Crippen molar-refractivity contribution in [2.45, 2.75) is 12.3 Å². The molecule has 1 N–H and O–H groups in total. The Labute approximate surface area is 122 Å². The van der Waals surface area contributed by atoms with Crippen LogP contribution in [0.4, 0.5) is 8.78 Å². The van der Waals surface area contributed by atoms with Gasteiger partial charge < -0.3 is 5.32 Å². The predicted octanol–water partition coefficient (Wildman–Crippen LogP) is 4.16. The lowest BCUT2D eigenvalue weighted by Gasteiger charge is -2.18. The number of halogens is 3. The molecule has 0 fully saturated rings. The van der Waals surface area contributed by atoms with Crippen LogP contribution in [0.15, 0.2) is 42.5 Å². The second-order valence-corrected chi connectivity index (χ2v) is 5.16. The molecule has 0 aliphatic heterocycles. The molecule has 4 heteroatoms. The van der Waals surface area contributed by atoms with Crippen LogP contribution in [0.5, 0.6) is 0 Å². The molecule has 1 unspecified atom stereocenters. The van der Waals surface area contributed by atoms with Gasteiger partial charge in [0.2, 0.25) is 0 Å². The van der Waals surface area contributed by atoms with Crippen LogP contribution in [-0.2, 0) is 6.42 Å². The summed E-state index contributed by atoms with van der Waals surface area (Å²) in [6, 6.07) is 11.7. The van der Waals surface area contributed by atoms with E-state index in [4.69, 9.17) is 11.6 Å². The standard InChI is InChI=1S/C16H16ClF2N/c1-20-10-13(11-5-7-14(17)8-6-11)9-12-3-2-4-15(18)16(12)19/h2-8,13,20H,9-10H2,1H3. The molecule has 0 amide bonds. The summed E-state index contributed by atoms with van der Waals surface area (Å²) in [7, 11) is 1.84. The van der Waals surface area contributed by atoms with Crippen molar-refractivity contribution in [2.24, 2.45) is 0 Å². The first-order valence-electron chi connectivity index (χ1n) is 6.44. The van der Waals surface area contributed by atoms with Gasteiger partial charge in [-0.25, -0.2) is 8.78 Å². The van der Waals surface area contributed by atoms with Crippen molar-refractivity contribution >= 4 is 11.6 Å².